The number of amides is 1. The van der Waals surface area contributed by atoms with Crippen LogP contribution in [0.2, 0.25) is 0 Å². The number of nitrogens with zero attached hydrogens (tertiary/aromatic N) is 2. The van der Waals surface area contributed by atoms with Crippen LogP contribution in [0.5, 0.6) is 5.75 Å². The van der Waals surface area contributed by atoms with Crippen LogP contribution >= 0.6 is 0 Å². The molecule has 4 rings (SSSR count). The quantitative estimate of drug-likeness (QED) is 0.675. The average Bonchev–Trinajstić information content (AvgIpc) is 3.16. The maximum absolute atomic E-state index is 12.6. The van der Waals surface area contributed by atoms with Gasteiger partial charge < -0.3 is 19.1 Å². The van der Waals surface area contributed by atoms with Gasteiger partial charge in [0.05, 0.1) is 24.4 Å². The van der Waals surface area contributed by atoms with Crippen molar-refractivity contribution >= 4 is 23.4 Å². The van der Waals surface area contributed by atoms with Crippen molar-refractivity contribution < 1.29 is 23.8 Å². The molecule has 0 aliphatic carbocycles. The first-order chi connectivity index (χ1) is 14.8. The van der Waals surface area contributed by atoms with E-state index < -0.39 is 5.60 Å². The molecule has 2 aliphatic heterocycles. The minimum atomic E-state index is -0.562. The Balaban J connectivity index is 1.57. The van der Waals surface area contributed by atoms with Gasteiger partial charge in [-0.25, -0.2) is 9.59 Å². The van der Waals surface area contributed by atoms with Crippen molar-refractivity contribution in [3.63, 3.8) is 0 Å². The average molecular weight is 424 g/mol. The number of ether oxygens (including phenoxy) is 3. The number of hydrogen-bond donors (Lipinski definition) is 0. The smallest absolute Gasteiger partial charge is 0.415 e. The summed E-state index contributed by atoms with van der Waals surface area (Å²) in [7, 11) is 0. The molecule has 0 bridgehead atoms. The van der Waals surface area contributed by atoms with Crippen molar-refractivity contribution in [2.75, 3.05) is 29.6 Å². The second-order valence-electron chi connectivity index (χ2n) is 8.65. The number of benzene rings is 2. The van der Waals surface area contributed by atoms with Gasteiger partial charge in [-0.3, -0.25) is 4.90 Å². The van der Waals surface area contributed by atoms with Gasteiger partial charge in [0.25, 0.3) is 0 Å². The summed E-state index contributed by atoms with van der Waals surface area (Å²) in [6, 6.07) is 11.6. The molecule has 2 aromatic carbocycles. The highest BCUT2D eigenvalue weighted by Crippen LogP contribution is 2.38. The molecule has 2 aromatic rings. The standard InChI is InChI=1S/C24H28N2O5/c1-5-29-22(27)18-8-6-7-16-14-25(15-19(16)18)17-9-10-20-21(13-17)30-12-11-26(20)23(28)31-24(2,3)4/h6-10,13H,5,11-12,14-15H2,1-4H3. The van der Waals surface area contributed by atoms with Gasteiger partial charge in [-0.15, -0.1) is 0 Å². The van der Waals surface area contributed by atoms with Crippen molar-refractivity contribution in [3.8, 4) is 5.75 Å². The van der Waals surface area contributed by atoms with Gasteiger partial charge in [0.15, 0.2) is 0 Å². The Morgan fingerprint density at radius 1 is 1.13 bits per heavy atom. The van der Waals surface area contributed by atoms with Gasteiger partial charge >= 0.3 is 12.1 Å². The molecule has 0 radical (unpaired) electrons. The van der Waals surface area contributed by atoms with Crippen LogP contribution in [-0.4, -0.2) is 37.4 Å². The minimum absolute atomic E-state index is 0.289. The summed E-state index contributed by atoms with van der Waals surface area (Å²) in [5.41, 5.74) is 3.83. The summed E-state index contributed by atoms with van der Waals surface area (Å²) in [5, 5.41) is 0. The maximum Gasteiger partial charge on any atom is 0.415 e. The lowest BCUT2D eigenvalue weighted by Gasteiger charge is -2.32. The minimum Gasteiger partial charge on any atom is -0.489 e. The third-order valence-electron chi connectivity index (χ3n) is 5.26. The third-order valence-corrected chi connectivity index (χ3v) is 5.26. The molecule has 0 saturated heterocycles. The molecule has 1 amide bonds. The molecule has 7 heteroatoms. The van der Waals surface area contributed by atoms with Crippen LogP contribution in [0.3, 0.4) is 0 Å². The number of fused-ring (bicyclic) bond motifs is 2. The Bertz CT molecular complexity index is 1010. The normalized spacial score (nSPS) is 15.1. The highest BCUT2D eigenvalue weighted by Gasteiger charge is 2.30. The van der Waals surface area contributed by atoms with E-state index >= 15 is 0 Å². The Hall–Kier alpha value is -3.22. The molecule has 0 atom stereocenters. The monoisotopic (exact) mass is 424 g/mol. The van der Waals surface area contributed by atoms with E-state index in [4.69, 9.17) is 14.2 Å². The maximum atomic E-state index is 12.6. The molecule has 2 heterocycles. The first-order valence-electron chi connectivity index (χ1n) is 10.6. The Morgan fingerprint density at radius 3 is 2.68 bits per heavy atom. The molecule has 164 valence electrons. The SMILES string of the molecule is CCOC(=O)c1cccc2c1CN(c1ccc3c(c1)OCCN3C(=O)OC(C)(C)C)C2. The molecule has 0 N–H and O–H groups in total. The first-order valence-corrected chi connectivity index (χ1v) is 10.6. The Labute approximate surface area is 182 Å². The van der Waals surface area contributed by atoms with E-state index in [0.717, 1.165) is 16.8 Å². The molecule has 0 spiro atoms. The topological polar surface area (TPSA) is 68.3 Å². The first kappa shape index (κ1) is 21.0. The van der Waals surface area contributed by atoms with E-state index in [1.54, 1.807) is 11.8 Å². The molecule has 0 saturated carbocycles. The van der Waals surface area contributed by atoms with Gasteiger partial charge in [0.1, 0.15) is 18.0 Å². The fraction of sp³-hybridized carbons (Fsp3) is 0.417. The van der Waals surface area contributed by atoms with Crippen LogP contribution in [0.25, 0.3) is 0 Å². The van der Waals surface area contributed by atoms with E-state index in [1.165, 1.54) is 0 Å². The number of rotatable bonds is 3. The predicted molar refractivity (Wildman–Crippen MR) is 118 cm³/mol. The van der Waals surface area contributed by atoms with Crippen molar-refractivity contribution in [2.45, 2.75) is 46.4 Å². The molecule has 31 heavy (non-hydrogen) atoms. The van der Waals surface area contributed by atoms with Crippen LogP contribution in [0.4, 0.5) is 16.2 Å². The zero-order chi connectivity index (χ0) is 22.2. The summed E-state index contributed by atoms with van der Waals surface area (Å²) >= 11 is 0. The van der Waals surface area contributed by atoms with Crippen molar-refractivity contribution in [3.05, 3.63) is 53.1 Å². The molecule has 0 fully saturated rings. The number of anilines is 2. The molecule has 7 nitrogen and oxygen atoms in total. The number of carbonyl (C=O) groups excluding carboxylic acids is 2. The van der Waals surface area contributed by atoms with Crippen molar-refractivity contribution in [1.29, 1.82) is 0 Å². The third kappa shape index (κ3) is 4.31. The van der Waals surface area contributed by atoms with E-state index in [2.05, 4.69) is 4.90 Å². The molecule has 0 aromatic heterocycles. The number of carbonyl (C=O) groups is 2. The van der Waals surface area contributed by atoms with Gasteiger partial charge in [-0.1, -0.05) is 12.1 Å². The van der Waals surface area contributed by atoms with Gasteiger partial charge in [0.2, 0.25) is 0 Å². The van der Waals surface area contributed by atoms with Crippen LogP contribution in [0.15, 0.2) is 36.4 Å². The lowest BCUT2D eigenvalue weighted by molar-refractivity contribution is 0.0523. The van der Waals surface area contributed by atoms with Crippen LogP contribution in [0, 0.1) is 0 Å². The lowest BCUT2D eigenvalue weighted by Crippen LogP contribution is -2.41. The summed E-state index contributed by atoms with van der Waals surface area (Å²) in [5.74, 6) is 0.360. The van der Waals surface area contributed by atoms with E-state index in [9.17, 15) is 9.59 Å². The van der Waals surface area contributed by atoms with Crippen LogP contribution < -0.4 is 14.5 Å². The number of esters is 1. The van der Waals surface area contributed by atoms with E-state index in [0.29, 0.717) is 49.8 Å². The number of hydrogen-bond acceptors (Lipinski definition) is 6. The zero-order valence-electron chi connectivity index (χ0n) is 18.4. The lowest BCUT2D eigenvalue weighted by atomic mass is 10.0. The fourth-order valence-electron chi connectivity index (χ4n) is 3.92. The predicted octanol–water partition coefficient (Wildman–Crippen LogP) is 4.52. The van der Waals surface area contributed by atoms with Crippen LogP contribution in [-0.2, 0) is 22.6 Å². The Morgan fingerprint density at radius 2 is 1.94 bits per heavy atom. The highest BCUT2D eigenvalue weighted by atomic mass is 16.6. The summed E-state index contributed by atoms with van der Waals surface area (Å²) in [6.45, 7) is 9.86. The molecule has 2 aliphatic rings. The zero-order valence-corrected chi connectivity index (χ0v) is 18.4. The largest absolute Gasteiger partial charge is 0.489 e. The second kappa shape index (κ2) is 8.13. The van der Waals surface area contributed by atoms with Gasteiger partial charge in [-0.2, -0.15) is 0 Å². The summed E-state index contributed by atoms with van der Waals surface area (Å²) in [4.78, 5) is 28.7. The molecule has 0 unspecified atom stereocenters. The second-order valence-corrected chi connectivity index (χ2v) is 8.65. The van der Waals surface area contributed by atoms with Gasteiger partial charge in [-0.05, 0) is 57.0 Å². The molecular weight excluding hydrogens is 396 g/mol. The van der Waals surface area contributed by atoms with Crippen molar-refractivity contribution in [2.24, 2.45) is 0 Å². The Kier molecular flexibility index (Phi) is 5.52. The highest BCUT2D eigenvalue weighted by molar-refractivity contribution is 5.92. The van der Waals surface area contributed by atoms with E-state index in [-0.39, 0.29) is 12.1 Å². The van der Waals surface area contributed by atoms with Crippen molar-refractivity contribution in [1.82, 2.24) is 0 Å². The summed E-state index contributed by atoms with van der Waals surface area (Å²) in [6.07, 6.45) is -0.377. The fourth-order valence-corrected chi connectivity index (χ4v) is 3.92. The molecular formula is C24H28N2O5. The summed E-state index contributed by atoms with van der Waals surface area (Å²) < 4.78 is 16.6. The van der Waals surface area contributed by atoms with E-state index in [1.807, 2.05) is 57.2 Å². The van der Waals surface area contributed by atoms with Crippen LogP contribution in [0.1, 0.15) is 49.2 Å². The van der Waals surface area contributed by atoms with Gasteiger partial charge in [0, 0.05) is 24.8 Å².